The maximum atomic E-state index is 11.9. The molecule has 0 saturated heterocycles. The number of carbonyl (C=O) groups excluding carboxylic acids is 1. The first kappa shape index (κ1) is 15.6. The van der Waals surface area contributed by atoms with Gasteiger partial charge >= 0.3 is 0 Å². The number of benzene rings is 3. The SMILES string of the molecule is O=C(CSc1ccc2ccccc2c1)NCCc1ccccc1. The van der Waals surface area contributed by atoms with Crippen molar-refractivity contribution < 1.29 is 4.79 Å². The molecule has 0 atom stereocenters. The van der Waals surface area contributed by atoms with E-state index in [1.54, 1.807) is 11.8 Å². The Balaban J connectivity index is 1.46. The third kappa shape index (κ3) is 4.60. The lowest BCUT2D eigenvalue weighted by Gasteiger charge is -2.06. The lowest BCUT2D eigenvalue weighted by molar-refractivity contribution is -0.118. The summed E-state index contributed by atoms with van der Waals surface area (Å²) in [6.45, 7) is 0.682. The van der Waals surface area contributed by atoms with Crippen LogP contribution in [0.1, 0.15) is 5.56 Å². The van der Waals surface area contributed by atoms with Crippen LogP contribution in [-0.2, 0) is 11.2 Å². The largest absolute Gasteiger partial charge is 0.355 e. The molecular weight excluding hydrogens is 302 g/mol. The highest BCUT2D eigenvalue weighted by Gasteiger charge is 2.03. The van der Waals surface area contributed by atoms with E-state index in [0.29, 0.717) is 12.3 Å². The van der Waals surface area contributed by atoms with E-state index < -0.39 is 0 Å². The van der Waals surface area contributed by atoms with Crippen LogP contribution >= 0.6 is 11.8 Å². The van der Waals surface area contributed by atoms with Gasteiger partial charge in [0, 0.05) is 11.4 Å². The minimum Gasteiger partial charge on any atom is -0.355 e. The van der Waals surface area contributed by atoms with E-state index in [1.807, 2.05) is 30.3 Å². The Morgan fingerprint density at radius 1 is 0.870 bits per heavy atom. The monoisotopic (exact) mass is 321 g/mol. The molecule has 3 aromatic rings. The second-order valence-corrected chi connectivity index (χ2v) is 6.43. The topological polar surface area (TPSA) is 29.1 Å². The van der Waals surface area contributed by atoms with E-state index in [1.165, 1.54) is 16.3 Å². The maximum absolute atomic E-state index is 11.9. The van der Waals surface area contributed by atoms with Crippen molar-refractivity contribution in [3.63, 3.8) is 0 Å². The van der Waals surface area contributed by atoms with Gasteiger partial charge in [-0.1, -0.05) is 60.7 Å². The van der Waals surface area contributed by atoms with Crippen molar-refractivity contribution in [1.82, 2.24) is 5.32 Å². The first-order valence-corrected chi connectivity index (χ1v) is 8.72. The quantitative estimate of drug-likeness (QED) is 0.686. The van der Waals surface area contributed by atoms with Gasteiger partial charge in [-0.2, -0.15) is 0 Å². The third-order valence-electron chi connectivity index (χ3n) is 3.67. The molecule has 0 unspecified atom stereocenters. The van der Waals surface area contributed by atoms with Crippen LogP contribution in [0.2, 0.25) is 0 Å². The van der Waals surface area contributed by atoms with E-state index >= 15 is 0 Å². The van der Waals surface area contributed by atoms with Crippen LogP contribution in [0.25, 0.3) is 10.8 Å². The Labute approximate surface area is 140 Å². The molecule has 0 aliphatic rings. The van der Waals surface area contributed by atoms with Crippen LogP contribution < -0.4 is 5.32 Å². The number of nitrogens with one attached hydrogen (secondary N) is 1. The van der Waals surface area contributed by atoms with E-state index in [-0.39, 0.29) is 5.91 Å². The highest BCUT2D eigenvalue weighted by molar-refractivity contribution is 8.00. The molecule has 1 amide bonds. The molecule has 3 aromatic carbocycles. The molecule has 0 fully saturated rings. The summed E-state index contributed by atoms with van der Waals surface area (Å²) in [4.78, 5) is 13.1. The first-order valence-electron chi connectivity index (χ1n) is 7.73. The molecule has 0 aliphatic heterocycles. The predicted octanol–water partition coefficient (Wildman–Crippen LogP) is 4.29. The molecule has 2 nitrogen and oxygen atoms in total. The van der Waals surface area contributed by atoms with Crippen LogP contribution in [-0.4, -0.2) is 18.2 Å². The highest BCUT2D eigenvalue weighted by atomic mass is 32.2. The number of rotatable bonds is 6. The summed E-state index contributed by atoms with van der Waals surface area (Å²) in [6, 6.07) is 24.8. The Kier molecular flexibility index (Phi) is 5.33. The van der Waals surface area contributed by atoms with Crippen molar-refractivity contribution >= 4 is 28.4 Å². The van der Waals surface area contributed by atoms with Crippen molar-refractivity contribution in [3.8, 4) is 0 Å². The Bertz CT molecular complexity index is 786. The molecule has 0 spiro atoms. The molecule has 0 saturated carbocycles. The molecule has 0 heterocycles. The number of amides is 1. The van der Waals surface area contributed by atoms with Crippen LogP contribution in [0.4, 0.5) is 0 Å². The fourth-order valence-corrected chi connectivity index (χ4v) is 3.22. The summed E-state index contributed by atoms with van der Waals surface area (Å²) in [5, 5.41) is 5.42. The van der Waals surface area contributed by atoms with Crippen LogP contribution in [0.5, 0.6) is 0 Å². The Morgan fingerprint density at radius 3 is 2.43 bits per heavy atom. The van der Waals surface area contributed by atoms with E-state index in [0.717, 1.165) is 11.3 Å². The number of fused-ring (bicyclic) bond motifs is 1. The molecule has 0 aromatic heterocycles. The van der Waals surface area contributed by atoms with E-state index in [2.05, 4.69) is 47.8 Å². The average molecular weight is 321 g/mol. The maximum Gasteiger partial charge on any atom is 0.230 e. The van der Waals surface area contributed by atoms with Gasteiger partial charge in [0.15, 0.2) is 0 Å². The first-order chi connectivity index (χ1) is 11.3. The van der Waals surface area contributed by atoms with Gasteiger partial charge < -0.3 is 5.32 Å². The summed E-state index contributed by atoms with van der Waals surface area (Å²) in [5.41, 5.74) is 1.25. The van der Waals surface area contributed by atoms with Crippen LogP contribution in [0, 0.1) is 0 Å². The zero-order valence-electron chi connectivity index (χ0n) is 12.9. The lowest BCUT2D eigenvalue weighted by atomic mass is 10.1. The Hall–Kier alpha value is -2.26. The lowest BCUT2D eigenvalue weighted by Crippen LogP contribution is -2.27. The van der Waals surface area contributed by atoms with Gasteiger partial charge in [-0.05, 0) is 34.9 Å². The number of carbonyl (C=O) groups is 1. The van der Waals surface area contributed by atoms with E-state index in [9.17, 15) is 4.79 Å². The van der Waals surface area contributed by atoms with Crippen LogP contribution in [0.3, 0.4) is 0 Å². The van der Waals surface area contributed by atoms with Crippen LogP contribution in [0.15, 0.2) is 77.7 Å². The van der Waals surface area contributed by atoms with E-state index in [4.69, 9.17) is 0 Å². The fourth-order valence-electron chi connectivity index (χ4n) is 2.45. The van der Waals surface area contributed by atoms with Gasteiger partial charge in [-0.15, -0.1) is 11.8 Å². The molecule has 23 heavy (non-hydrogen) atoms. The van der Waals surface area contributed by atoms with Gasteiger partial charge in [-0.3, -0.25) is 4.79 Å². The summed E-state index contributed by atoms with van der Waals surface area (Å²) in [5.74, 6) is 0.534. The van der Waals surface area contributed by atoms with Gasteiger partial charge in [0.2, 0.25) is 5.91 Å². The molecule has 1 N–H and O–H groups in total. The Morgan fingerprint density at radius 2 is 1.61 bits per heavy atom. The second kappa shape index (κ2) is 7.84. The molecule has 0 aliphatic carbocycles. The number of thioether (sulfide) groups is 1. The highest BCUT2D eigenvalue weighted by Crippen LogP contribution is 2.23. The third-order valence-corrected chi connectivity index (χ3v) is 4.66. The summed E-state index contributed by atoms with van der Waals surface area (Å²) >= 11 is 1.58. The standard InChI is InChI=1S/C20H19NOS/c22-20(21-13-12-16-6-2-1-3-7-16)15-23-19-11-10-17-8-4-5-9-18(17)14-19/h1-11,14H,12-13,15H2,(H,21,22). The fraction of sp³-hybridized carbons (Fsp3) is 0.150. The molecule has 0 radical (unpaired) electrons. The number of hydrogen-bond donors (Lipinski definition) is 1. The second-order valence-electron chi connectivity index (χ2n) is 5.38. The zero-order valence-corrected chi connectivity index (χ0v) is 13.7. The minimum absolute atomic E-state index is 0.0825. The van der Waals surface area contributed by atoms with Gasteiger partial charge in [0.05, 0.1) is 5.75 Å². The molecular formula is C20H19NOS. The summed E-state index contributed by atoms with van der Waals surface area (Å²) < 4.78 is 0. The smallest absolute Gasteiger partial charge is 0.230 e. The van der Waals surface area contributed by atoms with Gasteiger partial charge in [0.25, 0.3) is 0 Å². The van der Waals surface area contributed by atoms with Crippen molar-refractivity contribution in [1.29, 1.82) is 0 Å². The van der Waals surface area contributed by atoms with Gasteiger partial charge in [-0.25, -0.2) is 0 Å². The van der Waals surface area contributed by atoms with Crippen molar-refractivity contribution in [2.75, 3.05) is 12.3 Å². The van der Waals surface area contributed by atoms with Crippen molar-refractivity contribution in [2.45, 2.75) is 11.3 Å². The van der Waals surface area contributed by atoms with Crippen molar-refractivity contribution in [3.05, 3.63) is 78.4 Å². The summed E-state index contributed by atoms with van der Waals surface area (Å²) in [7, 11) is 0. The minimum atomic E-state index is 0.0825. The normalized spacial score (nSPS) is 10.6. The van der Waals surface area contributed by atoms with Gasteiger partial charge in [0.1, 0.15) is 0 Å². The molecule has 3 heteroatoms. The number of hydrogen-bond acceptors (Lipinski definition) is 2. The average Bonchev–Trinajstić information content (AvgIpc) is 2.61. The predicted molar refractivity (Wildman–Crippen MR) is 97.8 cm³/mol. The van der Waals surface area contributed by atoms with Crippen molar-refractivity contribution in [2.24, 2.45) is 0 Å². The zero-order chi connectivity index (χ0) is 15.9. The molecule has 116 valence electrons. The molecule has 3 rings (SSSR count). The summed E-state index contributed by atoms with van der Waals surface area (Å²) in [6.07, 6.45) is 0.868. The molecule has 0 bridgehead atoms.